The zero-order valence-corrected chi connectivity index (χ0v) is 20.6. The highest BCUT2D eigenvalue weighted by Gasteiger charge is 2.31. The first-order valence-corrected chi connectivity index (χ1v) is 13.6. The molecule has 2 fully saturated rings. The van der Waals surface area contributed by atoms with Crippen LogP contribution in [0.2, 0.25) is 0 Å². The summed E-state index contributed by atoms with van der Waals surface area (Å²) in [4.78, 5) is 0. The molecule has 0 aromatic heterocycles. The van der Waals surface area contributed by atoms with Crippen LogP contribution in [0.4, 0.5) is 13.2 Å². The van der Waals surface area contributed by atoms with Crippen LogP contribution in [0.5, 0.6) is 0 Å². The summed E-state index contributed by atoms with van der Waals surface area (Å²) in [7, 11) is 0. The van der Waals surface area contributed by atoms with E-state index in [1.165, 1.54) is 18.4 Å². The second-order valence-electron chi connectivity index (χ2n) is 11.1. The minimum Gasteiger partial charge on any atom is -0.207 e. The summed E-state index contributed by atoms with van der Waals surface area (Å²) in [5, 5.41) is 0. The van der Waals surface area contributed by atoms with Crippen molar-refractivity contribution in [1.82, 2.24) is 0 Å². The molecule has 0 aliphatic heterocycles. The maximum Gasteiger partial charge on any atom is 0.133 e. The van der Waals surface area contributed by atoms with Crippen LogP contribution in [-0.4, -0.2) is 0 Å². The standard InChI is InChI=1S/C32H37F3/c1-2-21-3-5-26(6-4-21)28-19-30(34)32(31(35)20-28)27-13-11-24(12-14-27)22-7-9-23(10-8-22)25-15-17-29(33)18-16-25/h2,13,15-24,26H,1,3-12,14H2. The third-order valence-electron chi connectivity index (χ3n) is 9.19. The van der Waals surface area contributed by atoms with E-state index in [0.717, 1.165) is 68.9 Å². The van der Waals surface area contributed by atoms with Gasteiger partial charge in [-0.15, -0.1) is 6.58 Å². The maximum atomic E-state index is 15.2. The van der Waals surface area contributed by atoms with Gasteiger partial charge in [0.25, 0.3) is 0 Å². The van der Waals surface area contributed by atoms with Crippen molar-refractivity contribution in [2.45, 2.75) is 82.5 Å². The van der Waals surface area contributed by atoms with Gasteiger partial charge in [0.05, 0.1) is 0 Å². The lowest BCUT2D eigenvalue weighted by atomic mass is 9.70. The van der Waals surface area contributed by atoms with Gasteiger partial charge in [0.1, 0.15) is 17.5 Å². The predicted molar refractivity (Wildman–Crippen MR) is 138 cm³/mol. The van der Waals surface area contributed by atoms with E-state index in [2.05, 4.69) is 12.7 Å². The van der Waals surface area contributed by atoms with Crippen LogP contribution < -0.4 is 0 Å². The molecule has 3 heteroatoms. The summed E-state index contributed by atoms with van der Waals surface area (Å²) in [5.41, 5.74) is 3.11. The van der Waals surface area contributed by atoms with Gasteiger partial charge in [-0.1, -0.05) is 24.3 Å². The van der Waals surface area contributed by atoms with Crippen molar-refractivity contribution in [2.24, 2.45) is 17.8 Å². The zero-order valence-electron chi connectivity index (χ0n) is 20.6. The van der Waals surface area contributed by atoms with E-state index in [0.29, 0.717) is 23.7 Å². The number of rotatable bonds is 5. The van der Waals surface area contributed by atoms with Crippen LogP contribution in [0.15, 0.2) is 55.1 Å². The first-order chi connectivity index (χ1) is 17.0. The molecule has 2 saturated carbocycles. The largest absolute Gasteiger partial charge is 0.207 e. The fraction of sp³-hybridized carbons (Fsp3) is 0.500. The molecular weight excluding hydrogens is 441 g/mol. The van der Waals surface area contributed by atoms with Crippen LogP contribution in [-0.2, 0) is 0 Å². The van der Waals surface area contributed by atoms with Crippen molar-refractivity contribution in [3.63, 3.8) is 0 Å². The lowest BCUT2D eigenvalue weighted by molar-refractivity contribution is 0.220. The minimum atomic E-state index is -0.393. The van der Waals surface area contributed by atoms with E-state index < -0.39 is 11.6 Å². The first-order valence-electron chi connectivity index (χ1n) is 13.6. The van der Waals surface area contributed by atoms with Gasteiger partial charge in [-0.05, 0) is 141 Å². The van der Waals surface area contributed by atoms with Crippen LogP contribution >= 0.6 is 0 Å². The molecule has 1 unspecified atom stereocenters. The van der Waals surface area contributed by atoms with Gasteiger partial charge < -0.3 is 0 Å². The first kappa shape index (κ1) is 24.4. The van der Waals surface area contributed by atoms with Crippen LogP contribution in [0, 0.1) is 35.2 Å². The summed E-state index contributed by atoms with van der Waals surface area (Å²) in [5.74, 6) is 1.62. The Hall–Kier alpha value is -2.29. The van der Waals surface area contributed by atoms with Crippen LogP contribution in [0.25, 0.3) is 5.57 Å². The van der Waals surface area contributed by atoms with Gasteiger partial charge in [-0.3, -0.25) is 0 Å². The number of hydrogen-bond acceptors (Lipinski definition) is 0. The molecule has 0 radical (unpaired) electrons. The van der Waals surface area contributed by atoms with E-state index >= 15 is 8.78 Å². The second-order valence-corrected chi connectivity index (χ2v) is 11.1. The van der Waals surface area contributed by atoms with Crippen molar-refractivity contribution in [2.75, 3.05) is 0 Å². The molecule has 0 bridgehead atoms. The van der Waals surface area contributed by atoms with Crippen LogP contribution in [0.1, 0.15) is 99.2 Å². The number of benzene rings is 2. The highest BCUT2D eigenvalue weighted by atomic mass is 19.1. The van der Waals surface area contributed by atoms with Gasteiger partial charge in [-0.25, -0.2) is 13.2 Å². The molecule has 186 valence electrons. The summed E-state index contributed by atoms with van der Waals surface area (Å²) >= 11 is 0. The molecule has 0 N–H and O–H groups in total. The highest BCUT2D eigenvalue weighted by molar-refractivity contribution is 5.67. The average molecular weight is 479 g/mol. The average Bonchev–Trinajstić information content (AvgIpc) is 2.89. The van der Waals surface area contributed by atoms with Gasteiger partial charge in [-0.2, -0.15) is 0 Å². The summed E-state index contributed by atoms with van der Waals surface area (Å²) in [6.07, 6.45) is 15.5. The fourth-order valence-electron chi connectivity index (χ4n) is 6.99. The number of hydrogen-bond donors (Lipinski definition) is 0. The van der Waals surface area contributed by atoms with Gasteiger partial charge >= 0.3 is 0 Å². The van der Waals surface area contributed by atoms with Gasteiger partial charge in [0.15, 0.2) is 0 Å². The molecule has 0 heterocycles. The van der Waals surface area contributed by atoms with E-state index in [4.69, 9.17) is 0 Å². The normalized spacial score (nSPS) is 29.5. The number of halogens is 3. The molecule has 0 saturated heterocycles. The van der Waals surface area contributed by atoms with Crippen molar-refractivity contribution in [3.05, 3.63) is 89.3 Å². The van der Waals surface area contributed by atoms with Crippen molar-refractivity contribution in [1.29, 1.82) is 0 Å². The zero-order chi connectivity index (χ0) is 24.4. The SMILES string of the molecule is C=CC1CCC(c2cc(F)c(C3=CCC(C4CCC(c5ccc(F)cc5)CC4)CC3)c(F)c2)CC1. The second kappa shape index (κ2) is 10.8. The lowest BCUT2D eigenvalue weighted by Crippen LogP contribution is -2.22. The fourth-order valence-corrected chi connectivity index (χ4v) is 6.99. The third kappa shape index (κ3) is 5.44. The summed E-state index contributed by atoms with van der Waals surface area (Å²) < 4.78 is 43.5. The van der Waals surface area contributed by atoms with Crippen molar-refractivity contribution >= 4 is 5.57 Å². The Labute approximate surface area is 208 Å². The molecule has 1 atom stereocenters. The molecule has 5 rings (SSSR count). The Morgan fingerprint density at radius 1 is 0.686 bits per heavy atom. The van der Waals surface area contributed by atoms with E-state index in [1.54, 1.807) is 24.3 Å². The minimum absolute atomic E-state index is 0.176. The summed E-state index contributed by atoms with van der Waals surface area (Å²) in [6.45, 7) is 3.89. The number of allylic oxidation sites excluding steroid dienone is 3. The van der Waals surface area contributed by atoms with Gasteiger partial charge in [0.2, 0.25) is 0 Å². The molecule has 3 aliphatic carbocycles. The Bertz CT molecular complexity index is 1030. The monoisotopic (exact) mass is 478 g/mol. The molecule has 0 amide bonds. The topological polar surface area (TPSA) is 0 Å². The molecule has 2 aromatic carbocycles. The Kier molecular flexibility index (Phi) is 7.51. The van der Waals surface area contributed by atoms with E-state index in [-0.39, 0.29) is 17.3 Å². The molecule has 0 nitrogen and oxygen atoms in total. The predicted octanol–water partition coefficient (Wildman–Crippen LogP) is 9.72. The third-order valence-corrected chi connectivity index (χ3v) is 9.19. The maximum absolute atomic E-state index is 15.2. The Morgan fingerprint density at radius 2 is 1.29 bits per heavy atom. The van der Waals surface area contributed by atoms with Gasteiger partial charge in [0, 0.05) is 5.56 Å². The smallest absolute Gasteiger partial charge is 0.133 e. The van der Waals surface area contributed by atoms with E-state index in [9.17, 15) is 4.39 Å². The highest BCUT2D eigenvalue weighted by Crippen LogP contribution is 2.45. The van der Waals surface area contributed by atoms with Crippen molar-refractivity contribution in [3.8, 4) is 0 Å². The molecule has 0 spiro atoms. The molecule has 3 aliphatic rings. The quantitative estimate of drug-likeness (QED) is 0.375. The summed E-state index contributed by atoms with van der Waals surface area (Å²) in [6, 6.07) is 10.2. The van der Waals surface area contributed by atoms with Crippen LogP contribution in [0.3, 0.4) is 0 Å². The lowest BCUT2D eigenvalue weighted by Gasteiger charge is -2.36. The Morgan fingerprint density at radius 3 is 1.86 bits per heavy atom. The molecule has 35 heavy (non-hydrogen) atoms. The molecular formula is C32H37F3. The molecule has 2 aromatic rings. The van der Waals surface area contributed by atoms with E-state index in [1.807, 2.05) is 18.2 Å². The van der Waals surface area contributed by atoms with Crippen molar-refractivity contribution < 1.29 is 13.2 Å². The Balaban J connectivity index is 1.20.